The van der Waals surface area contributed by atoms with Crippen LogP contribution in [0.1, 0.15) is 0 Å². The van der Waals surface area contributed by atoms with Gasteiger partial charge in [0.05, 0.1) is 12.5 Å². The van der Waals surface area contributed by atoms with Gasteiger partial charge in [-0.05, 0) is 12.1 Å². The fourth-order valence-corrected chi connectivity index (χ4v) is 2.29. The van der Waals surface area contributed by atoms with Gasteiger partial charge in [-0.15, -0.1) is 11.3 Å². The largest absolute Gasteiger partial charge is 0.463 e. The molecule has 3 aromatic rings. The molecule has 3 rings (SSSR count). The number of nitrogen functional groups attached to an aromatic ring is 1. The summed E-state index contributed by atoms with van der Waals surface area (Å²) in [6, 6.07) is 3.76. The van der Waals surface area contributed by atoms with Gasteiger partial charge in [0.2, 0.25) is 0 Å². The maximum Gasteiger partial charge on any atom is 0.195 e. The molecule has 0 aromatic carbocycles. The van der Waals surface area contributed by atoms with Gasteiger partial charge in [0.15, 0.2) is 10.7 Å². The number of aromatic nitrogens is 2. The third kappa shape index (κ3) is 0.898. The lowest BCUT2D eigenvalue weighted by Gasteiger charge is -1.95. The zero-order valence-corrected chi connectivity index (χ0v) is 7.99. The molecule has 3 heterocycles. The Morgan fingerprint density at radius 1 is 1.50 bits per heavy atom. The van der Waals surface area contributed by atoms with Crippen molar-refractivity contribution < 1.29 is 4.42 Å². The molecule has 2 N–H and O–H groups in total. The van der Waals surface area contributed by atoms with Crippen molar-refractivity contribution >= 4 is 22.1 Å². The van der Waals surface area contributed by atoms with Crippen LogP contribution in [0.15, 0.2) is 34.4 Å². The molecule has 0 aliphatic rings. The molecule has 14 heavy (non-hydrogen) atoms. The minimum absolute atomic E-state index is 0.632. The van der Waals surface area contributed by atoms with E-state index >= 15 is 0 Å². The standard InChI is InChI=1S/C9H7N3OS/c10-8-4-11-9-12(8)6(5-14-9)7-2-1-3-13-7/h1-5H,10H2. The minimum atomic E-state index is 0.632. The van der Waals surface area contributed by atoms with Crippen LogP contribution in [0.3, 0.4) is 0 Å². The molecular formula is C9H7N3OS. The highest BCUT2D eigenvalue weighted by molar-refractivity contribution is 7.15. The lowest BCUT2D eigenvalue weighted by molar-refractivity contribution is 0.579. The number of hydrogen-bond acceptors (Lipinski definition) is 4. The van der Waals surface area contributed by atoms with Crippen LogP contribution in [-0.4, -0.2) is 9.38 Å². The van der Waals surface area contributed by atoms with Crippen molar-refractivity contribution in [3.63, 3.8) is 0 Å². The molecule has 0 saturated heterocycles. The van der Waals surface area contributed by atoms with E-state index in [1.807, 2.05) is 21.9 Å². The molecule has 0 radical (unpaired) electrons. The van der Waals surface area contributed by atoms with Crippen molar-refractivity contribution in [3.05, 3.63) is 30.0 Å². The normalized spacial score (nSPS) is 11.1. The topological polar surface area (TPSA) is 56.5 Å². The number of anilines is 1. The molecule has 0 aliphatic heterocycles. The molecule has 0 spiro atoms. The van der Waals surface area contributed by atoms with Crippen molar-refractivity contribution in [1.82, 2.24) is 9.38 Å². The minimum Gasteiger partial charge on any atom is -0.463 e. The predicted molar refractivity (Wildman–Crippen MR) is 55.2 cm³/mol. The van der Waals surface area contributed by atoms with E-state index in [2.05, 4.69) is 4.98 Å². The summed E-state index contributed by atoms with van der Waals surface area (Å²) in [5.74, 6) is 1.44. The van der Waals surface area contributed by atoms with Gasteiger partial charge in [-0.3, -0.25) is 4.40 Å². The molecule has 70 valence electrons. The van der Waals surface area contributed by atoms with E-state index in [0.29, 0.717) is 5.82 Å². The van der Waals surface area contributed by atoms with Gasteiger partial charge in [-0.1, -0.05) is 0 Å². The highest BCUT2D eigenvalue weighted by atomic mass is 32.1. The van der Waals surface area contributed by atoms with Crippen LogP contribution in [0.4, 0.5) is 5.82 Å². The molecule has 0 bridgehead atoms. The Kier molecular flexibility index (Phi) is 1.43. The Morgan fingerprint density at radius 3 is 3.21 bits per heavy atom. The summed E-state index contributed by atoms with van der Waals surface area (Å²) in [6.45, 7) is 0. The highest BCUT2D eigenvalue weighted by Crippen LogP contribution is 2.28. The Labute approximate surface area is 83.6 Å². The summed E-state index contributed by atoms with van der Waals surface area (Å²) < 4.78 is 7.19. The molecule has 0 fully saturated rings. The summed E-state index contributed by atoms with van der Waals surface area (Å²) in [5, 5.41) is 1.98. The molecule has 0 unspecified atom stereocenters. The Hall–Kier alpha value is -1.75. The van der Waals surface area contributed by atoms with Crippen LogP contribution in [0.5, 0.6) is 0 Å². The zero-order valence-electron chi connectivity index (χ0n) is 7.18. The van der Waals surface area contributed by atoms with Crippen molar-refractivity contribution in [3.8, 4) is 11.5 Å². The third-order valence-electron chi connectivity index (χ3n) is 2.05. The van der Waals surface area contributed by atoms with Crippen molar-refractivity contribution in [2.24, 2.45) is 0 Å². The van der Waals surface area contributed by atoms with E-state index in [4.69, 9.17) is 10.2 Å². The van der Waals surface area contributed by atoms with Gasteiger partial charge in [-0.2, -0.15) is 0 Å². The molecular weight excluding hydrogens is 198 g/mol. The Bertz CT molecular complexity index is 564. The quantitative estimate of drug-likeness (QED) is 0.662. The molecule has 0 amide bonds. The van der Waals surface area contributed by atoms with E-state index < -0.39 is 0 Å². The number of hydrogen-bond donors (Lipinski definition) is 1. The van der Waals surface area contributed by atoms with Crippen molar-refractivity contribution in [2.75, 3.05) is 5.73 Å². The number of nitrogens with two attached hydrogens (primary N) is 1. The number of nitrogens with zero attached hydrogens (tertiary/aromatic N) is 2. The highest BCUT2D eigenvalue weighted by Gasteiger charge is 2.11. The second kappa shape index (κ2) is 2.62. The van der Waals surface area contributed by atoms with E-state index in [-0.39, 0.29) is 0 Å². The molecule has 5 heteroatoms. The van der Waals surface area contributed by atoms with Gasteiger partial charge >= 0.3 is 0 Å². The summed E-state index contributed by atoms with van der Waals surface area (Å²) in [7, 11) is 0. The monoisotopic (exact) mass is 205 g/mol. The number of thiazole rings is 1. The number of furan rings is 1. The number of rotatable bonds is 1. The fourth-order valence-electron chi connectivity index (χ4n) is 1.43. The van der Waals surface area contributed by atoms with Crippen LogP contribution in [0.2, 0.25) is 0 Å². The van der Waals surface area contributed by atoms with Crippen molar-refractivity contribution in [2.45, 2.75) is 0 Å². The first-order valence-corrected chi connectivity index (χ1v) is 4.98. The SMILES string of the molecule is Nc1cnc2scc(-c3ccco3)n12. The predicted octanol–water partition coefficient (Wildman–Crippen LogP) is 2.24. The fraction of sp³-hybridized carbons (Fsp3) is 0. The van der Waals surface area contributed by atoms with Gasteiger partial charge in [0.25, 0.3) is 0 Å². The average molecular weight is 205 g/mol. The van der Waals surface area contributed by atoms with Crippen LogP contribution >= 0.6 is 11.3 Å². The lowest BCUT2D eigenvalue weighted by atomic mass is 10.3. The van der Waals surface area contributed by atoms with Gasteiger partial charge in [-0.25, -0.2) is 4.98 Å². The van der Waals surface area contributed by atoms with Crippen LogP contribution in [0, 0.1) is 0 Å². The third-order valence-corrected chi connectivity index (χ3v) is 2.89. The van der Waals surface area contributed by atoms with E-state index in [9.17, 15) is 0 Å². The first kappa shape index (κ1) is 7.64. The summed E-state index contributed by atoms with van der Waals surface area (Å²) in [5.41, 5.74) is 6.74. The maximum absolute atomic E-state index is 5.79. The van der Waals surface area contributed by atoms with E-state index in [1.54, 1.807) is 23.8 Å². The van der Waals surface area contributed by atoms with Crippen LogP contribution in [-0.2, 0) is 0 Å². The molecule has 0 aliphatic carbocycles. The first-order chi connectivity index (χ1) is 6.86. The van der Waals surface area contributed by atoms with Crippen LogP contribution in [0.25, 0.3) is 16.4 Å². The molecule has 0 atom stereocenters. The van der Waals surface area contributed by atoms with E-state index in [1.165, 1.54) is 0 Å². The number of fused-ring (bicyclic) bond motifs is 1. The van der Waals surface area contributed by atoms with Gasteiger partial charge < -0.3 is 10.2 Å². The van der Waals surface area contributed by atoms with Crippen LogP contribution < -0.4 is 5.73 Å². The summed E-state index contributed by atoms with van der Waals surface area (Å²) >= 11 is 1.54. The smallest absolute Gasteiger partial charge is 0.195 e. The summed E-state index contributed by atoms with van der Waals surface area (Å²) in [4.78, 5) is 5.05. The van der Waals surface area contributed by atoms with Gasteiger partial charge in [0.1, 0.15) is 11.5 Å². The second-order valence-corrected chi connectivity index (χ2v) is 3.74. The lowest BCUT2D eigenvalue weighted by Crippen LogP contribution is -1.91. The van der Waals surface area contributed by atoms with Gasteiger partial charge in [0, 0.05) is 5.38 Å². The van der Waals surface area contributed by atoms with Crippen molar-refractivity contribution in [1.29, 1.82) is 0 Å². The molecule has 4 nitrogen and oxygen atoms in total. The Morgan fingerprint density at radius 2 is 2.43 bits per heavy atom. The first-order valence-electron chi connectivity index (χ1n) is 4.10. The zero-order chi connectivity index (χ0) is 9.54. The second-order valence-electron chi connectivity index (χ2n) is 2.90. The average Bonchev–Trinajstić information content (AvgIpc) is 2.84. The molecule has 0 saturated carbocycles. The Balaban J connectivity index is 2.36. The summed E-state index contributed by atoms with van der Waals surface area (Å²) in [6.07, 6.45) is 3.30. The number of imidazole rings is 1. The van der Waals surface area contributed by atoms with E-state index in [0.717, 1.165) is 16.4 Å². The molecule has 3 aromatic heterocycles. The maximum atomic E-state index is 5.79.